The number of pyridine rings is 1. The van der Waals surface area contributed by atoms with Crippen molar-refractivity contribution in [1.29, 1.82) is 0 Å². The number of nitrogens with zero attached hydrogens (tertiary/aromatic N) is 1. The van der Waals surface area contributed by atoms with Crippen molar-refractivity contribution < 1.29 is 23.8 Å². The van der Waals surface area contributed by atoms with Gasteiger partial charge in [0.05, 0.1) is 23.9 Å². The van der Waals surface area contributed by atoms with Crippen molar-refractivity contribution in [3.05, 3.63) is 23.0 Å². The van der Waals surface area contributed by atoms with E-state index in [0.717, 1.165) is 6.20 Å². The largest absolute Gasteiger partial charge is 0.506 e. The minimum absolute atomic E-state index is 0.0106. The van der Waals surface area contributed by atoms with Gasteiger partial charge in [0.2, 0.25) is 0 Å². The number of carbonyl (C=O) groups is 1. The van der Waals surface area contributed by atoms with Gasteiger partial charge in [-0.05, 0) is 5.56 Å². The molecule has 1 heterocycles. The Balaban J connectivity index is 3.30. The highest BCUT2D eigenvalue weighted by Crippen LogP contribution is 2.33. The lowest BCUT2D eigenvalue weighted by molar-refractivity contribution is -0.136. The van der Waals surface area contributed by atoms with Gasteiger partial charge in [-0.3, -0.25) is 9.78 Å². The summed E-state index contributed by atoms with van der Waals surface area (Å²) in [6.45, 7) is 0. The highest BCUT2D eigenvalue weighted by molar-refractivity contribution is 9.08. The van der Waals surface area contributed by atoms with E-state index < -0.39 is 30.1 Å². The highest BCUT2D eigenvalue weighted by Gasteiger charge is 2.22. The molecule has 0 aliphatic heterocycles. The van der Waals surface area contributed by atoms with Gasteiger partial charge in [0.15, 0.2) is 0 Å². The first-order valence-electron chi connectivity index (χ1n) is 4.22. The molecule has 0 amide bonds. The number of hydrogen-bond donors (Lipinski definition) is 2. The van der Waals surface area contributed by atoms with Crippen LogP contribution in [0.2, 0.25) is 0 Å². The second kappa shape index (κ2) is 5.20. The Labute approximate surface area is 98.1 Å². The lowest BCUT2D eigenvalue weighted by Gasteiger charge is -2.11. The predicted molar refractivity (Wildman–Crippen MR) is 54.8 cm³/mol. The third kappa shape index (κ3) is 2.66. The van der Waals surface area contributed by atoms with Crippen LogP contribution in [-0.4, -0.2) is 21.2 Å². The molecule has 0 saturated carbocycles. The summed E-state index contributed by atoms with van der Waals surface area (Å²) in [6, 6.07) is 0. The summed E-state index contributed by atoms with van der Waals surface area (Å²) in [5.41, 5.74) is -0.516. The molecule has 0 bridgehead atoms. The highest BCUT2D eigenvalue weighted by atomic mass is 79.9. The quantitative estimate of drug-likeness (QED) is 0.836. The van der Waals surface area contributed by atoms with Crippen LogP contribution in [-0.2, 0) is 16.5 Å². The lowest BCUT2D eigenvalue weighted by Crippen LogP contribution is -2.08. The SMILES string of the molecule is O=C(O)Cc1ncc(O)c(C(F)F)c1CBr. The monoisotopic (exact) mass is 295 g/mol. The van der Waals surface area contributed by atoms with Gasteiger partial charge in [-0.25, -0.2) is 8.78 Å². The smallest absolute Gasteiger partial charge is 0.309 e. The number of halogens is 3. The predicted octanol–water partition coefficient (Wildman–Crippen LogP) is 2.25. The van der Waals surface area contributed by atoms with Gasteiger partial charge in [-0.15, -0.1) is 0 Å². The molecule has 4 nitrogen and oxygen atoms in total. The Morgan fingerprint density at radius 2 is 2.19 bits per heavy atom. The van der Waals surface area contributed by atoms with Crippen LogP contribution in [0, 0.1) is 0 Å². The maximum absolute atomic E-state index is 12.6. The van der Waals surface area contributed by atoms with Crippen molar-refractivity contribution in [1.82, 2.24) is 4.98 Å². The van der Waals surface area contributed by atoms with Gasteiger partial charge in [-0.2, -0.15) is 0 Å². The van der Waals surface area contributed by atoms with Crippen molar-refractivity contribution in [3.63, 3.8) is 0 Å². The van der Waals surface area contributed by atoms with Crippen molar-refractivity contribution in [2.24, 2.45) is 0 Å². The molecular formula is C9H8BrF2NO3. The fraction of sp³-hybridized carbons (Fsp3) is 0.333. The van der Waals surface area contributed by atoms with Crippen LogP contribution < -0.4 is 0 Å². The molecule has 1 rings (SSSR count). The van der Waals surface area contributed by atoms with Gasteiger partial charge in [0.1, 0.15) is 5.75 Å². The summed E-state index contributed by atoms with van der Waals surface area (Å²) >= 11 is 2.97. The van der Waals surface area contributed by atoms with E-state index in [9.17, 15) is 18.7 Å². The summed E-state index contributed by atoms with van der Waals surface area (Å²) in [6.07, 6.45) is -2.49. The molecule has 0 aliphatic carbocycles. The van der Waals surface area contributed by atoms with Gasteiger partial charge in [-0.1, -0.05) is 15.9 Å². The second-order valence-corrected chi connectivity index (χ2v) is 3.55. The van der Waals surface area contributed by atoms with Gasteiger partial charge in [0.25, 0.3) is 6.43 Å². The summed E-state index contributed by atoms with van der Waals surface area (Å²) < 4.78 is 25.3. The molecule has 16 heavy (non-hydrogen) atoms. The first-order chi connectivity index (χ1) is 7.47. The molecule has 0 atom stereocenters. The fourth-order valence-electron chi connectivity index (χ4n) is 1.28. The number of aliphatic carboxylic acids is 1. The maximum atomic E-state index is 12.6. The molecule has 0 spiro atoms. The fourth-order valence-corrected chi connectivity index (χ4v) is 1.91. The van der Waals surface area contributed by atoms with E-state index in [1.165, 1.54) is 0 Å². The van der Waals surface area contributed by atoms with Crippen molar-refractivity contribution in [2.45, 2.75) is 18.2 Å². The number of alkyl halides is 3. The molecule has 0 saturated heterocycles. The molecule has 2 N–H and O–H groups in total. The van der Waals surface area contributed by atoms with Crippen LogP contribution in [0.15, 0.2) is 6.20 Å². The van der Waals surface area contributed by atoms with E-state index in [1.807, 2.05) is 0 Å². The third-order valence-electron chi connectivity index (χ3n) is 1.96. The molecule has 7 heteroatoms. The van der Waals surface area contributed by atoms with Crippen LogP contribution in [0.5, 0.6) is 5.75 Å². The van der Waals surface area contributed by atoms with Gasteiger partial charge >= 0.3 is 5.97 Å². The molecule has 0 fully saturated rings. The Morgan fingerprint density at radius 3 is 2.62 bits per heavy atom. The lowest BCUT2D eigenvalue weighted by atomic mass is 10.1. The van der Waals surface area contributed by atoms with Crippen molar-refractivity contribution in [3.8, 4) is 5.75 Å². The molecule has 0 aliphatic rings. The molecule has 0 radical (unpaired) electrons. The summed E-state index contributed by atoms with van der Waals surface area (Å²) in [5.74, 6) is -1.79. The Kier molecular flexibility index (Phi) is 4.17. The van der Waals surface area contributed by atoms with E-state index in [-0.39, 0.29) is 16.6 Å². The average Bonchev–Trinajstić information content (AvgIpc) is 2.18. The molecule has 0 unspecified atom stereocenters. The molecular weight excluding hydrogens is 288 g/mol. The number of rotatable bonds is 4. The number of carboxylic acids is 1. The zero-order valence-electron chi connectivity index (χ0n) is 7.95. The van der Waals surface area contributed by atoms with Crippen LogP contribution in [0.1, 0.15) is 23.2 Å². The van der Waals surface area contributed by atoms with Gasteiger partial charge in [0, 0.05) is 5.33 Å². The molecule has 1 aromatic heterocycles. The van der Waals surface area contributed by atoms with Crippen LogP contribution in [0.4, 0.5) is 8.78 Å². The molecule has 0 aromatic carbocycles. The van der Waals surface area contributed by atoms with Crippen LogP contribution in [0.3, 0.4) is 0 Å². The minimum atomic E-state index is -2.87. The first kappa shape index (κ1) is 12.8. The molecule has 88 valence electrons. The first-order valence-corrected chi connectivity index (χ1v) is 5.35. The Bertz CT molecular complexity index is 412. The maximum Gasteiger partial charge on any atom is 0.309 e. The van der Waals surface area contributed by atoms with Crippen LogP contribution in [0.25, 0.3) is 0 Å². The summed E-state index contributed by atoms with van der Waals surface area (Å²) in [4.78, 5) is 14.1. The van der Waals surface area contributed by atoms with Crippen molar-refractivity contribution >= 4 is 21.9 Å². The van der Waals surface area contributed by atoms with Crippen molar-refractivity contribution in [2.75, 3.05) is 0 Å². The second-order valence-electron chi connectivity index (χ2n) is 2.99. The van der Waals surface area contributed by atoms with E-state index in [4.69, 9.17) is 5.11 Å². The number of carboxylic acid groups (broad SMARTS) is 1. The minimum Gasteiger partial charge on any atom is -0.506 e. The Hall–Kier alpha value is -1.24. The van der Waals surface area contributed by atoms with E-state index in [2.05, 4.69) is 20.9 Å². The molecule has 1 aromatic rings. The van der Waals surface area contributed by atoms with Gasteiger partial charge < -0.3 is 10.2 Å². The Morgan fingerprint density at radius 1 is 1.56 bits per heavy atom. The number of aromatic hydroxyl groups is 1. The van der Waals surface area contributed by atoms with E-state index >= 15 is 0 Å². The zero-order chi connectivity index (χ0) is 12.3. The van der Waals surface area contributed by atoms with E-state index in [1.54, 1.807) is 0 Å². The number of aromatic nitrogens is 1. The summed E-state index contributed by atoms with van der Waals surface area (Å²) in [7, 11) is 0. The third-order valence-corrected chi connectivity index (χ3v) is 2.52. The topological polar surface area (TPSA) is 70.4 Å². The summed E-state index contributed by atoms with van der Waals surface area (Å²) in [5, 5.41) is 17.8. The standard InChI is InChI=1S/C9H8BrF2NO3/c10-2-4-5(1-7(15)16)13-3-6(14)8(4)9(11)12/h3,9,14H,1-2H2,(H,15,16). The number of hydrogen-bond acceptors (Lipinski definition) is 3. The normalized spacial score (nSPS) is 10.8. The van der Waals surface area contributed by atoms with E-state index in [0.29, 0.717) is 0 Å². The zero-order valence-corrected chi connectivity index (χ0v) is 9.54. The average molecular weight is 296 g/mol. The van der Waals surface area contributed by atoms with Crippen LogP contribution >= 0.6 is 15.9 Å².